The van der Waals surface area contributed by atoms with E-state index in [-0.39, 0.29) is 12.0 Å². The Labute approximate surface area is 218 Å². The largest absolute Gasteiger partial charge is 0.372 e. The molecule has 2 aromatic rings. The molecule has 3 aliphatic rings. The molecule has 0 bridgehead atoms. The van der Waals surface area contributed by atoms with E-state index in [4.69, 9.17) is 23.2 Å². The van der Waals surface area contributed by atoms with Crippen LogP contribution in [0.15, 0.2) is 82.9 Å². The lowest BCUT2D eigenvalue weighted by atomic mass is 9.88. The highest BCUT2D eigenvalue weighted by atomic mass is 35.5. The number of allylic oxidation sites excluding steroid dienone is 4. The summed E-state index contributed by atoms with van der Waals surface area (Å²) in [5, 5.41) is 1.39. The van der Waals surface area contributed by atoms with Gasteiger partial charge in [-0.3, -0.25) is 4.90 Å². The zero-order valence-corrected chi connectivity index (χ0v) is 22.2. The highest BCUT2D eigenvalue weighted by Gasteiger charge is 2.40. The van der Waals surface area contributed by atoms with E-state index in [1.807, 2.05) is 48.5 Å². The van der Waals surface area contributed by atoms with E-state index in [1.165, 1.54) is 19.1 Å². The minimum absolute atomic E-state index is 0.00792. The number of sulfone groups is 1. The quantitative estimate of drug-likeness (QED) is 0.444. The van der Waals surface area contributed by atoms with Crippen LogP contribution in [0.3, 0.4) is 0 Å². The molecule has 0 aromatic heterocycles. The summed E-state index contributed by atoms with van der Waals surface area (Å²) in [5.41, 5.74) is 4.33. The second-order valence-corrected chi connectivity index (χ2v) is 12.5. The number of benzene rings is 2. The minimum Gasteiger partial charge on any atom is -0.372 e. The van der Waals surface area contributed by atoms with Crippen molar-refractivity contribution in [2.24, 2.45) is 5.92 Å². The van der Waals surface area contributed by atoms with Crippen molar-refractivity contribution in [3.8, 4) is 0 Å². The molecule has 2 saturated heterocycles. The predicted molar refractivity (Wildman–Crippen MR) is 144 cm³/mol. The summed E-state index contributed by atoms with van der Waals surface area (Å²) in [6, 6.07) is 15.8. The lowest BCUT2D eigenvalue weighted by molar-refractivity contribution is 0.0923. The van der Waals surface area contributed by atoms with Crippen molar-refractivity contribution in [2.45, 2.75) is 25.3 Å². The number of hydrogen-bond acceptors (Lipinski definition) is 4. The van der Waals surface area contributed by atoms with Gasteiger partial charge in [0.05, 0.1) is 10.9 Å². The van der Waals surface area contributed by atoms with Gasteiger partial charge in [0.2, 0.25) is 0 Å². The van der Waals surface area contributed by atoms with E-state index in [0.717, 1.165) is 35.5 Å². The summed E-state index contributed by atoms with van der Waals surface area (Å²) in [5.74, 6) is -0.0234. The Morgan fingerprint density at radius 1 is 0.914 bits per heavy atom. The van der Waals surface area contributed by atoms with E-state index < -0.39 is 9.84 Å². The summed E-state index contributed by atoms with van der Waals surface area (Å²) in [4.78, 5) is 5.30. The van der Waals surface area contributed by atoms with E-state index in [2.05, 4.69) is 28.0 Å². The predicted octanol–water partition coefficient (Wildman–Crippen LogP) is 6.25. The SMILES string of the molecule is CS(=O)(=O)C(=C1C=C(N2CCCC2)C=CC1)C1CN(C(c2ccc(Cl)cc2)c2ccc(Cl)cc2)C1. The molecular weight excluding hydrogens is 499 g/mol. The van der Waals surface area contributed by atoms with Gasteiger partial charge in [-0.25, -0.2) is 8.42 Å². The van der Waals surface area contributed by atoms with E-state index in [9.17, 15) is 8.42 Å². The van der Waals surface area contributed by atoms with E-state index in [0.29, 0.717) is 34.5 Å². The first-order valence-electron chi connectivity index (χ1n) is 12.1. The fourth-order valence-electron chi connectivity index (χ4n) is 5.53. The van der Waals surface area contributed by atoms with Crippen LogP contribution in [0.25, 0.3) is 0 Å². The van der Waals surface area contributed by atoms with Crippen molar-refractivity contribution in [1.29, 1.82) is 0 Å². The Kier molecular flexibility index (Phi) is 7.13. The first-order chi connectivity index (χ1) is 16.8. The molecule has 0 unspecified atom stereocenters. The number of nitrogens with zero attached hydrogens (tertiary/aromatic N) is 2. The number of hydrogen-bond donors (Lipinski definition) is 0. The smallest absolute Gasteiger partial charge is 0.172 e. The van der Waals surface area contributed by atoms with Crippen LogP contribution in [0.4, 0.5) is 0 Å². The van der Waals surface area contributed by atoms with Crippen LogP contribution in [0, 0.1) is 5.92 Å². The van der Waals surface area contributed by atoms with Gasteiger partial charge in [-0.15, -0.1) is 0 Å². The molecule has 4 nitrogen and oxygen atoms in total. The number of halogens is 2. The maximum Gasteiger partial charge on any atom is 0.172 e. The van der Waals surface area contributed by atoms with Gasteiger partial charge in [-0.05, 0) is 72.4 Å². The average Bonchev–Trinajstić information content (AvgIpc) is 3.34. The van der Waals surface area contributed by atoms with Gasteiger partial charge in [0.1, 0.15) is 0 Å². The number of likely N-dealkylation sites (tertiary alicyclic amines) is 2. The summed E-state index contributed by atoms with van der Waals surface area (Å²) >= 11 is 12.3. The van der Waals surface area contributed by atoms with Gasteiger partial charge in [0.25, 0.3) is 0 Å². The van der Waals surface area contributed by atoms with Gasteiger partial charge in [0.15, 0.2) is 9.84 Å². The summed E-state index contributed by atoms with van der Waals surface area (Å²) in [6.45, 7) is 3.44. The third kappa shape index (κ3) is 5.39. The fraction of sp³-hybridized carbons (Fsp3) is 0.357. The maximum atomic E-state index is 13.0. The second kappa shape index (κ2) is 10.1. The normalized spacial score (nSPS) is 20.8. The molecule has 0 N–H and O–H groups in total. The molecule has 0 radical (unpaired) electrons. The molecule has 184 valence electrons. The zero-order chi connectivity index (χ0) is 24.6. The van der Waals surface area contributed by atoms with Crippen LogP contribution in [0.1, 0.15) is 36.4 Å². The Morgan fingerprint density at radius 3 is 1.97 bits per heavy atom. The molecule has 0 atom stereocenters. The van der Waals surface area contributed by atoms with Crippen LogP contribution >= 0.6 is 23.2 Å². The zero-order valence-electron chi connectivity index (χ0n) is 19.8. The minimum atomic E-state index is -3.34. The molecule has 0 amide bonds. The van der Waals surface area contributed by atoms with Crippen LogP contribution < -0.4 is 0 Å². The Morgan fingerprint density at radius 2 is 1.46 bits per heavy atom. The summed E-state index contributed by atoms with van der Waals surface area (Å²) in [6.07, 6.45) is 10.8. The van der Waals surface area contributed by atoms with Crippen molar-refractivity contribution in [2.75, 3.05) is 32.4 Å². The first-order valence-corrected chi connectivity index (χ1v) is 14.8. The van der Waals surface area contributed by atoms with Crippen LogP contribution in [-0.4, -0.2) is 50.7 Å². The van der Waals surface area contributed by atoms with Crippen molar-refractivity contribution in [3.63, 3.8) is 0 Å². The molecule has 2 aliphatic heterocycles. The third-order valence-corrected chi connectivity index (χ3v) is 9.05. The monoisotopic (exact) mass is 528 g/mol. The Hall–Kier alpha value is -2.05. The van der Waals surface area contributed by atoms with Crippen molar-refractivity contribution < 1.29 is 8.42 Å². The van der Waals surface area contributed by atoms with Gasteiger partial charge in [0, 0.05) is 54.1 Å². The lowest BCUT2D eigenvalue weighted by Crippen LogP contribution is -2.50. The summed E-state index contributed by atoms with van der Waals surface area (Å²) in [7, 11) is -3.34. The standard InChI is InChI=1S/C28H30Cl2N2O2S/c1-35(33,34)28(22-5-4-6-26(17-22)31-15-2-3-16-31)23-18-32(19-23)27(20-7-11-24(29)12-8-20)21-9-13-25(30)14-10-21/h4,6-14,17,23,27H,2-3,5,15-16,18-19H2,1H3. The molecule has 5 rings (SSSR count). The second-order valence-electron chi connectivity index (χ2n) is 9.69. The fourth-order valence-corrected chi connectivity index (χ4v) is 7.16. The molecular formula is C28H30Cl2N2O2S. The average molecular weight is 530 g/mol. The van der Waals surface area contributed by atoms with Crippen molar-refractivity contribution in [3.05, 3.63) is 104 Å². The van der Waals surface area contributed by atoms with Crippen LogP contribution in [0.2, 0.25) is 10.0 Å². The van der Waals surface area contributed by atoms with Crippen molar-refractivity contribution in [1.82, 2.24) is 9.80 Å². The molecule has 0 spiro atoms. The Balaban J connectivity index is 1.44. The van der Waals surface area contributed by atoms with Crippen LogP contribution in [0.5, 0.6) is 0 Å². The lowest BCUT2D eigenvalue weighted by Gasteiger charge is -2.46. The summed E-state index contributed by atoms with van der Waals surface area (Å²) < 4.78 is 26.0. The topological polar surface area (TPSA) is 40.6 Å². The molecule has 35 heavy (non-hydrogen) atoms. The van der Waals surface area contributed by atoms with E-state index >= 15 is 0 Å². The maximum absolute atomic E-state index is 13.0. The van der Waals surface area contributed by atoms with Gasteiger partial charge >= 0.3 is 0 Å². The van der Waals surface area contributed by atoms with Crippen molar-refractivity contribution >= 4 is 33.0 Å². The highest BCUT2D eigenvalue weighted by Crippen LogP contribution is 2.40. The molecule has 0 saturated carbocycles. The Bertz CT molecular complexity index is 1220. The first kappa shape index (κ1) is 24.6. The van der Waals surface area contributed by atoms with E-state index in [1.54, 1.807) is 0 Å². The highest BCUT2D eigenvalue weighted by molar-refractivity contribution is 7.94. The molecule has 7 heteroatoms. The molecule has 1 aliphatic carbocycles. The van der Waals surface area contributed by atoms with Crippen LogP contribution in [-0.2, 0) is 9.84 Å². The molecule has 2 fully saturated rings. The van der Waals surface area contributed by atoms with Gasteiger partial charge in [-0.2, -0.15) is 0 Å². The van der Waals surface area contributed by atoms with Gasteiger partial charge < -0.3 is 4.90 Å². The molecule has 2 heterocycles. The number of rotatable bonds is 6. The molecule has 2 aromatic carbocycles. The van der Waals surface area contributed by atoms with Gasteiger partial charge in [-0.1, -0.05) is 53.5 Å². The third-order valence-electron chi connectivity index (χ3n) is 7.15.